The Bertz CT molecular complexity index is 377. The molecule has 0 aliphatic rings. The molecular formula is C8H9N3O3S. The van der Waals surface area contributed by atoms with E-state index >= 15 is 0 Å². The number of nitrogens with two attached hydrogens (primary N) is 1. The van der Waals surface area contributed by atoms with Crippen molar-refractivity contribution in [2.24, 2.45) is 10.1 Å². The second-order valence-corrected chi connectivity index (χ2v) is 3.31. The topological polar surface area (TPSA) is 90.8 Å². The van der Waals surface area contributed by atoms with Gasteiger partial charge in [0.05, 0.1) is 12.0 Å². The molecule has 6 nitrogen and oxygen atoms in total. The van der Waals surface area contributed by atoms with Crippen LogP contribution in [0.4, 0.5) is 5.69 Å². The molecule has 0 heterocycles. The van der Waals surface area contributed by atoms with E-state index in [-0.39, 0.29) is 11.7 Å². The van der Waals surface area contributed by atoms with E-state index in [1.165, 1.54) is 19.2 Å². The average molecular weight is 227 g/mol. The highest BCUT2D eigenvalue weighted by atomic mass is 32.2. The number of nitro benzene ring substituents is 1. The van der Waals surface area contributed by atoms with E-state index in [0.717, 1.165) is 16.8 Å². The quantitative estimate of drug-likeness (QED) is 0.278. The standard InChI is InChI=1S/C8H9N3O3S/c1-14-8(9)10-15-7-4-2-6(3-5-7)11(12)13/h2-5H,1H3,(H2,9,10). The van der Waals surface area contributed by atoms with Crippen molar-refractivity contribution < 1.29 is 9.66 Å². The van der Waals surface area contributed by atoms with Gasteiger partial charge in [0.1, 0.15) is 0 Å². The van der Waals surface area contributed by atoms with Crippen molar-refractivity contribution in [3.63, 3.8) is 0 Å². The predicted molar refractivity (Wildman–Crippen MR) is 57.6 cm³/mol. The van der Waals surface area contributed by atoms with Crippen LogP contribution in [0.5, 0.6) is 0 Å². The number of nitrogens with zero attached hydrogens (tertiary/aromatic N) is 2. The summed E-state index contributed by atoms with van der Waals surface area (Å²) in [6.45, 7) is 0. The highest BCUT2D eigenvalue weighted by molar-refractivity contribution is 7.98. The van der Waals surface area contributed by atoms with Gasteiger partial charge in [0.2, 0.25) is 0 Å². The third-order valence-corrected chi connectivity index (χ3v) is 2.25. The predicted octanol–water partition coefficient (Wildman–Crippen LogP) is 1.56. The molecule has 0 saturated carbocycles. The zero-order valence-corrected chi connectivity index (χ0v) is 8.73. The van der Waals surface area contributed by atoms with Crippen LogP contribution < -0.4 is 5.73 Å². The maximum absolute atomic E-state index is 10.4. The Morgan fingerprint density at radius 2 is 2.13 bits per heavy atom. The van der Waals surface area contributed by atoms with Crippen LogP contribution in [0, 0.1) is 10.1 Å². The molecular weight excluding hydrogens is 218 g/mol. The molecule has 2 N–H and O–H groups in total. The zero-order chi connectivity index (χ0) is 11.3. The first-order chi connectivity index (χ1) is 7.13. The van der Waals surface area contributed by atoms with Gasteiger partial charge in [-0.15, -0.1) is 0 Å². The van der Waals surface area contributed by atoms with Crippen LogP contribution in [0.25, 0.3) is 0 Å². The maximum Gasteiger partial charge on any atom is 0.293 e. The lowest BCUT2D eigenvalue weighted by Gasteiger charge is -1.97. The number of hydrogen-bond acceptors (Lipinski definition) is 5. The number of amidine groups is 1. The molecule has 0 unspecified atom stereocenters. The van der Waals surface area contributed by atoms with Gasteiger partial charge in [-0.1, -0.05) is 0 Å². The smallest absolute Gasteiger partial charge is 0.293 e. The number of benzene rings is 1. The van der Waals surface area contributed by atoms with Crippen molar-refractivity contribution in [1.29, 1.82) is 0 Å². The summed E-state index contributed by atoms with van der Waals surface area (Å²) >= 11 is 1.09. The number of rotatable bonds is 3. The first-order valence-corrected chi connectivity index (χ1v) is 4.69. The van der Waals surface area contributed by atoms with E-state index in [1.807, 2.05) is 0 Å². The molecule has 0 aliphatic heterocycles. The number of methoxy groups -OCH3 is 1. The summed E-state index contributed by atoms with van der Waals surface area (Å²) in [5, 5.41) is 10.4. The molecule has 0 atom stereocenters. The monoisotopic (exact) mass is 227 g/mol. The molecule has 1 rings (SSSR count). The highest BCUT2D eigenvalue weighted by Gasteiger charge is 2.03. The van der Waals surface area contributed by atoms with Gasteiger partial charge in [0.15, 0.2) is 0 Å². The number of hydrogen-bond donors (Lipinski definition) is 1. The summed E-state index contributed by atoms with van der Waals surface area (Å²) in [5.41, 5.74) is 5.34. The number of non-ortho nitro benzene ring substituents is 1. The zero-order valence-electron chi connectivity index (χ0n) is 7.91. The van der Waals surface area contributed by atoms with Gasteiger partial charge in [0, 0.05) is 29.0 Å². The number of nitro groups is 1. The third kappa shape index (κ3) is 3.47. The van der Waals surface area contributed by atoms with Crippen LogP contribution in [-0.4, -0.2) is 18.1 Å². The second kappa shape index (κ2) is 5.20. The maximum atomic E-state index is 10.4. The third-order valence-electron chi connectivity index (χ3n) is 1.50. The average Bonchev–Trinajstić information content (AvgIpc) is 2.26. The molecule has 1 aromatic rings. The summed E-state index contributed by atoms with van der Waals surface area (Å²) in [6, 6.07) is 6.05. The first kappa shape index (κ1) is 11.3. The SMILES string of the molecule is COC(N)=NSc1ccc([N+](=O)[O-])cc1. The van der Waals surface area contributed by atoms with Crippen LogP contribution >= 0.6 is 11.9 Å². The van der Waals surface area contributed by atoms with Crippen LogP contribution in [0.3, 0.4) is 0 Å². The van der Waals surface area contributed by atoms with Crippen LogP contribution in [0.15, 0.2) is 33.6 Å². The lowest BCUT2D eigenvalue weighted by atomic mass is 10.3. The van der Waals surface area contributed by atoms with Gasteiger partial charge in [-0.2, -0.15) is 4.40 Å². The highest BCUT2D eigenvalue weighted by Crippen LogP contribution is 2.21. The minimum atomic E-state index is -0.457. The molecule has 1 aromatic carbocycles. The second-order valence-electron chi connectivity index (χ2n) is 2.48. The molecule has 0 bridgehead atoms. The fourth-order valence-electron chi connectivity index (χ4n) is 0.764. The number of ether oxygens (including phenoxy) is 1. The van der Waals surface area contributed by atoms with Crippen molar-refractivity contribution in [2.45, 2.75) is 4.90 Å². The Labute approximate surface area is 90.4 Å². The Kier molecular flexibility index (Phi) is 3.92. The lowest BCUT2D eigenvalue weighted by Crippen LogP contribution is -2.12. The molecule has 0 spiro atoms. The fourth-order valence-corrected chi connectivity index (χ4v) is 1.29. The van der Waals surface area contributed by atoms with Gasteiger partial charge in [-0.25, -0.2) is 0 Å². The summed E-state index contributed by atoms with van der Waals surface area (Å²) < 4.78 is 8.44. The van der Waals surface area contributed by atoms with E-state index < -0.39 is 4.92 Å². The van der Waals surface area contributed by atoms with Gasteiger partial charge < -0.3 is 10.5 Å². The Morgan fingerprint density at radius 1 is 1.53 bits per heavy atom. The molecule has 15 heavy (non-hydrogen) atoms. The van der Waals surface area contributed by atoms with Crippen molar-refractivity contribution in [3.05, 3.63) is 34.4 Å². The molecule has 0 radical (unpaired) electrons. The minimum Gasteiger partial charge on any atom is -0.468 e. The molecule has 0 aliphatic carbocycles. The van der Waals surface area contributed by atoms with Crippen LogP contribution in [-0.2, 0) is 4.74 Å². The van der Waals surface area contributed by atoms with E-state index in [1.54, 1.807) is 12.1 Å². The minimum absolute atomic E-state index is 0.0445. The Hall–Kier alpha value is -1.76. The van der Waals surface area contributed by atoms with E-state index in [4.69, 9.17) is 5.73 Å². The molecule has 0 aromatic heterocycles. The van der Waals surface area contributed by atoms with Crippen molar-refractivity contribution in [2.75, 3.05) is 7.11 Å². The van der Waals surface area contributed by atoms with Gasteiger partial charge in [-0.05, 0) is 12.1 Å². The van der Waals surface area contributed by atoms with E-state index in [9.17, 15) is 10.1 Å². The summed E-state index contributed by atoms with van der Waals surface area (Å²) in [6.07, 6.45) is 0. The normalized spacial score (nSPS) is 11.1. The van der Waals surface area contributed by atoms with Gasteiger partial charge >= 0.3 is 0 Å². The Balaban J connectivity index is 2.69. The van der Waals surface area contributed by atoms with Gasteiger partial charge in [-0.3, -0.25) is 10.1 Å². The van der Waals surface area contributed by atoms with Gasteiger partial charge in [0.25, 0.3) is 11.7 Å². The Morgan fingerprint density at radius 3 is 2.60 bits per heavy atom. The van der Waals surface area contributed by atoms with Crippen molar-refractivity contribution >= 4 is 23.7 Å². The fraction of sp³-hybridized carbons (Fsp3) is 0.125. The van der Waals surface area contributed by atoms with E-state index in [0.29, 0.717) is 0 Å². The molecule has 7 heteroatoms. The molecule has 0 fully saturated rings. The van der Waals surface area contributed by atoms with Crippen LogP contribution in [0.1, 0.15) is 0 Å². The van der Waals surface area contributed by atoms with Crippen LogP contribution in [0.2, 0.25) is 0 Å². The molecule has 0 saturated heterocycles. The lowest BCUT2D eigenvalue weighted by molar-refractivity contribution is -0.384. The largest absolute Gasteiger partial charge is 0.468 e. The first-order valence-electron chi connectivity index (χ1n) is 3.92. The van der Waals surface area contributed by atoms with Crippen molar-refractivity contribution in [3.8, 4) is 0 Å². The summed E-state index contributed by atoms with van der Waals surface area (Å²) in [4.78, 5) is 10.6. The van der Waals surface area contributed by atoms with Crippen molar-refractivity contribution in [1.82, 2.24) is 0 Å². The summed E-state index contributed by atoms with van der Waals surface area (Å²) in [5.74, 6) is 0. The summed E-state index contributed by atoms with van der Waals surface area (Å²) in [7, 11) is 1.41. The molecule has 0 amide bonds. The van der Waals surface area contributed by atoms with E-state index in [2.05, 4.69) is 9.13 Å². The molecule has 80 valence electrons.